The topological polar surface area (TPSA) is 152 Å². The first kappa shape index (κ1) is 25.5. The summed E-state index contributed by atoms with van der Waals surface area (Å²) in [6.45, 7) is 2.16. The molecule has 4 aromatic rings. The van der Waals surface area contributed by atoms with E-state index in [2.05, 4.69) is 27.1 Å². The lowest BCUT2D eigenvalue weighted by atomic mass is 9.87. The molecule has 0 saturated carbocycles. The fourth-order valence-corrected chi connectivity index (χ4v) is 7.34. The van der Waals surface area contributed by atoms with E-state index in [-0.39, 0.29) is 40.4 Å². The molecule has 2 aliphatic rings. The minimum absolute atomic E-state index is 0.0378. The Balaban J connectivity index is 1.40. The van der Waals surface area contributed by atoms with Gasteiger partial charge in [-0.15, -0.1) is 10.2 Å². The average Bonchev–Trinajstić information content (AvgIpc) is 3.65. The van der Waals surface area contributed by atoms with Crippen LogP contribution in [-0.2, 0) is 16.3 Å². The quantitative estimate of drug-likeness (QED) is 0.356. The van der Waals surface area contributed by atoms with Crippen molar-refractivity contribution in [3.05, 3.63) is 54.1 Å². The fourth-order valence-electron chi connectivity index (χ4n) is 6.27. The number of pyridine rings is 1. The van der Waals surface area contributed by atoms with E-state index in [9.17, 15) is 13.2 Å². The van der Waals surface area contributed by atoms with E-state index >= 15 is 0 Å². The van der Waals surface area contributed by atoms with Gasteiger partial charge in [-0.05, 0) is 50.7 Å². The van der Waals surface area contributed by atoms with Crippen molar-refractivity contribution in [1.29, 1.82) is 0 Å². The molecule has 2 fully saturated rings. The summed E-state index contributed by atoms with van der Waals surface area (Å²) in [5, 5.41) is 7.64. The number of hydrogen-bond donors (Lipinski definition) is 2. The number of aromatic nitrogens is 6. The number of nitrogen functional groups attached to an aromatic ring is 1. The Morgan fingerprint density at radius 1 is 1.18 bits per heavy atom. The highest BCUT2D eigenvalue weighted by molar-refractivity contribution is 7.91. The third kappa shape index (κ3) is 4.46. The molecule has 2 saturated heterocycles. The van der Waals surface area contributed by atoms with Gasteiger partial charge in [-0.3, -0.25) is 14.2 Å². The van der Waals surface area contributed by atoms with Gasteiger partial charge in [-0.25, -0.2) is 13.4 Å². The van der Waals surface area contributed by atoms with Crippen LogP contribution >= 0.6 is 0 Å². The monoisotopic (exact) mass is 548 g/mol. The Morgan fingerprint density at radius 2 is 1.95 bits per heavy atom. The third-order valence-corrected chi connectivity index (χ3v) is 9.24. The van der Waals surface area contributed by atoms with Gasteiger partial charge in [0.2, 0.25) is 5.82 Å². The number of aryl methyl sites for hydroxylation is 1. The summed E-state index contributed by atoms with van der Waals surface area (Å²) in [5.74, 6) is 0.0472. The van der Waals surface area contributed by atoms with Crippen molar-refractivity contribution in [1.82, 2.24) is 34.4 Å². The Kier molecular flexibility index (Phi) is 6.37. The Morgan fingerprint density at radius 3 is 2.56 bits per heavy atom. The van der Waals surface area contributed by atoms with E-state index in [1.807, 2.05) is 29.3 Å². The van der Waals surface area contributed by atoms with Gasteiger partial charge in [0.15, 0.2) is 9.84 Å². The second-order valence-electron chi connectivity index (χ2n) is 10.7. The molecule has 2 bridgehead atoms. The lowest BCUT2D eigenvalue weighted by Crippen LogP contribution is -2.46. The van der Waals surface area contributed by atoms with Gasteiger partial charge < -0.3 is 15.6 Å². The van der Waals surface area contributed by atoms with Crippen LogP contribution in [0.2, 0.25) is 0 Å². The number of piperidine rings is 1. The number of fused-ring (bicyclic) bond motifs is 3. The molecular formula is C27H32N8O3S. The Bertz CT molecular complexity index is 1620. The molecule has 0 aliphatic carbocycles. The molecule has 1 amide bonds. The van der Waals surface area contributed by atoms with E-state index in [1.54, 1.807) is 10.6 Å². The van der Waals surface area contributed by atoms with Crippen molar-refractivity contribution in [3.63, 3.8) is 0 Å². The van der Waals surface area contributed by atoms with Crippen LogP contribution in [0.3, 0.4) is 0 Å². The number of aromatic amines is 1. The first-order chi connectivity index (χ1) is 18.8. The Labute approximate surface area is 226 Å². The highest BCUT2D eigenvalue weighted by atomic mass is 32.2. The number of nitrogens with two attached hydrogens (primary N) is 1. The van der Waals surface area contributed by atoms with Crippen LogP contribution in [0.4, 0.5) is 5.82 Å². The summed E-state index contributed by atoms with van der Waals surface area (Å²) >= 11 is 0. The summed E-state index contributed by atoms with van der Waals surface area (Å²) in [6, 6.07) is 5.89. The van der Waals surface area contributed by atoms with Crippen LogP contribution in [0.5, 0.6) is 0 Å². The summed E-state index contributed by atoms with van der Waals surface area (Å²) in [4.78, 5) is 27.5. The number of amides is 1. The smallest absolute Gasteiger partial charge is 0.292 e. The molecule has 2 aliphatic heterocycles. The highest BCUT2D eigenvalue weighted by Crippen LogP contribution is 2.45. The van der Waals surface area contributed by atoms with Crippen LogP contribution in [0.25, 0.3) is 16.8 Å². The number of anilines is 1. The van der Waals surface area contributed by atoms with Gasteiger partial charge in [0.25, 0.3) is 5.91 Å². The molecule has 39 heavy (non-hydrogen) atoms. The van der Waals surface area contributed by atoms with E-state index in [4.69, 9.17) is 10.7 Å². The number of carbonyl (C=O) groups is 1. The summed E-state index contributed by atoms with van der Waals surface area (Å²) in [5.41, 5.74) is 10.4. The number of H-pyrrole nitrogens is 1. The third-order valence-electron chi connectivity index (χ3n) is 8.08. The minimum atomic E-state index is -3.68. The lowest BCUT2D eigenvalue weighted by molar-refractivity contribution is 0.0556. The zero-order valence-corrected chi connectivity index (χ0v) is 22.9. The minimum Gasteiger partial charge on any atom is -0.384 e. The van der Waals surface area contributed by atoms with Crippen molar-refractivity contribution in [2.45, 2.75) is 74.8 Å². The summed E-state index contributed by atoms with van der Waals surface area (Å²) in [7, 11) is -3.68. The van der Waals surface area contributed by atoms with Crippen molar-refractivity contribution >= 4 is 27.2 Å². The average molecular weight is 549 g/mol. The number of sulfone groups is 1. The van der Waals surface area contributed by atoms with Gasteiger partial charge >= 0.3 is 0 Å². The van der Waals surface area contributed by atoms with Crippen LogP contribution in [0.1, 0.15) is 73.4 Å². The number of carbonyl (C=O) groups excluding carboxylic acids is 1. The first-order valence-electron chi connectivity index (χ1n) is 13.4. The predicted octanol–water partition coefficient (Wildman–Crippen LogP) is 3.39. The van der Waals surface area contributed by atoms with Crippen molar-refractivity contribution in [2.24, 2.45) is 0 Å². The van der Waals surface area contributed by atoms with E-state index in [0.29, 0.717) is 24.2 Å². The predicted molar refractivity (Wildman–Crippen MR) is 146 cm³/mol. The molecule has 0 aromatic carbocycles. The van der Waals surface area contributed by atoms with Gasteiger partial charge in [-0.1, -0.05) is 19.4 Å². The van der Waals surface area contributed by atoms with E-state index in [1.165, 1.54) is 12.6 Å². The molecule has 6 rings (SSSR count). The first-order valence-corrected chi connectivity index (χ1v) is 15.3. The SMILES string of the molecule is CCCCc1ccc(-c2ccn3c(N)c(S(C)(=O)=O)c([C@@H]4C[C@H]5CC[C@@H](C4)N5C(=O)c4nnc[nH]4)nc23)cn1. The van der Waals surface area contributed by atoms with Crippen LogP contribution in [0, 0.1) is 0 Å². The van der Waals surface area contributed by atoms with Crippen molar-refractivity contribution < 1.29 is 13.2 Å². The van der Waals surface area contributed by atoms with Crippen LogP contribution in [0.15, 0.2) is 41.8 Å². The maximum atomic E-state index is 13.1. The normalized spacial score (nSPS) is 21.1. The maximum absolute atomic E-state index is 13.1. The molecule has 11 nitrogen and oxygen atoms in total. The molecule has 204 valence electrons. The fraction of sp³-hybridized carbons (Fsp3) is 0.444. The number of unbranched alkanes of at least 4 members (excludes halogenated alkanes) is 1. The summed E-state index contributed by atoms with van der Waals surface area (Å²) < 4.78 is 27.7. The van der Waals surface area contributed by atoms with E-state index in [0.717, 1.165) is 48.9 Å². The zero-order valence-electron chi connectivity index (χ0n) is 22.0. The van der Waals surface area contributed by atoms with Gasteiger partial charge in [0.1, 0.15) is 22.7 Å². The Hall–Kier alpha value is -3.80. The second kappa shape index (κ2) is 9.74. The van der Waals surface area contributed by atoms with Gasteiger partial charge in [0.05, 0.1) is 5.69 Å². The molecular weight excluding hydrogens is 516 g/mol. The molecule has 3 N–H and O–H groups in total. The number of rotatable bonds is 7. The highest BCUT2D eigenvalue weighted by Gasteiger charge is 2.46. The van der Waals surface area contributed by atoms with Gasteiger partial charge in [0, 0.05) is 53.5 Å². The lowest BCUT2D eigenvalue weighted by Gasteiger charge is -2.38. The molecule has 0 unspecified atom stereocenters. The molecule has 3 atom stereocenters. The zero-order chi connectivity index (χ0) is 27.3. The molecule has 4 aromatic heterocycles. The number of hydrogen-bond acceptors (Lipinski definition) is 8. The largest absolute Gasteiger partial charge is 0.384 e. The second-order valence-corrected chi connectivity index (χ2v) is 12.6. The summed E-state index contributed by atoms with van der Waals surface area (Å²) in [6.07, 6.45) is 12.2. The van der Waals surface area contributed by atoms with Crippen LogP contribution in [-0.4, -0.2) is 67.1 Å². The van der Waals surface area contributed by atoms with Gasteiger partial charge in [-0.2, -0.15) is 0 Å². The van der Waals surface area contributed by atoms with Crippen molar-refractivity contribution in [2.75, 3.05) is 12.0 Å². The molecule has 6 heterocycles. The molecule has 12 heteroatoms. The number of nitrogens with one attached hydrogen (secondary N) is 1. The maximum Gasteiger partial charge on any atom is 0.292 e. The number of nitrogens with zero attached hydrogens (tertiary/aromatic N) is 6. The van der Waals surface area contributed by atoms with Crippen LogP contribution < -0.4 is 5.73 Å². The standard InChI is InChI=1S/C27H32N8O3S/c1-3-4-5-18-7-6-16(14-29-18)21-10-11-34-24(28)23(39(2,37)38)22(32-26(21)34)17-12-19-8-9-20(13-17)35(19)27(36)25-30-15-31-33-25/h6-7,10-11,14-15,17,19-20H,3-5,8-9,12-13,28H2,1-2H3,(H,30,31,33)/t17-,19-,20+. The molecule has 0 spiro atoms. The molecule has 0 radical (unpaired) electrons. The van der Waals surface area contributed by atoms with Crippen molar-refractivity contribution in [3.8, 4) is 11.1 Å². The van der Waals surface area contributed by atoms with E-state index < -0.39 is 9.84 Å².